The van der Waals surface area contributed by atoms with Gasteiger partial charge in [-0.1, -0.05) is 23.7 Å². The molecule has 0 unspecified atom stereocenters. The van der Waals surface area contributed by atoms with Crippen molar-refractivity contribution in [3.05, 3.63) is 77.1 Å². The second kappa shape index (κ2) is 11.1. The molecule has 2 fully saturated rings. The molecular weight excluding hydrogens is 535 g/mol. The van der Waals surface area contributed by atoms with Crippen molar-refractivity contribution in [2.75, 3.05) is 16.0 Å². The number of imidazole rings is 1. The van der Waals surface area contributed by atoms with Gasteiger partial charge in [-0.15, -0.1) is 5.10 Å². The minimum absolute atomic E-state index is 0.0268. The van der Waals surface area contributed by atoms with Gasteiger partial charge in [0.15, 0.2) is 17.2 Å². The lowest BCUT2D eigenvalue weighted by Gasteiger charge is -2.30. The fraction of sp³-hybridized carbons (Fsp3) is 0.321. The van der Waals surface area contributed by atoms with E-state index in [1.54, 1.807) is 24.3 Å². The summed E-state index contributed by atoms with van der Waals surface area (Å²) in [4.78, 5) is 33.9. The summed E-state index contributed by atoms with van der Waals surface area (Å²) in [6, 6.07) is 10.9. The van der Waals surface area contributed by atoms with E-state index in [2.05, 4.69) is 36.3 Å². The molecule has 40 heavy (non-hydrogen) atoms. The van der Waals surface area contributed by atoms with E-state index in [-0.39, 0.29) is 29.4 Å². The third kappa shape index (κ3) is 5.69. The molecule has 0 bridgehead atoms. The molecule has 12 heteroatoms. The van der Waals surface area contributed by atoms with Crippen LogP contribution >= 0.6 is 11.6 Å². The minimum atomic E-state index is -0.630. The van der Waals surface area contributed by atoms with Gasteiger partial charge in [-0.3, -0.25) is 14.6 Å². The number of anilines is 3. The molecule has 4 N–H and O–H groups in total. The third-order valence-corrected chi connectivity index (χ3v) is 7.52. The maximum atomic E-state index is 14.1. The van der Waals surface area contributed by atoms with Crippen molar-refractivity contribution < 1.29 is 14.0 Å². The van der Waals surface area contributed by atoms with Gasteiger partial charge in [0, 0.05) is 30.4 Å². The van der Waals surface area contributed by atoms with Crippen LogP contribution in [-0.4, -0.2) is 49.5 Å². The van der Waals surface area contributed by atoms with Gasteiger partial charge >= 0.3 is 0 Å². The molecule has 0 atom stereocenters. The minimum Gasteiger partial charge on any atom is -0.379 e. The summed E-state index contributed by atoms with van der Waals surface area (Å²) in [5.41, 5.74) is 1.97. The fourth-order valence-electron chi connectivity index (χ4n) is 4.91. The van der Waals surface area contributed by atoms with E-state index in [4.69, 9.17) is 11.6 Å². The molecule has 0 aliphatic heterocycles. The van der Waals surface area contributed by atoms with E-state index in [9.17, 15) is 14.0 Å². The molecule has 1 aromatic carbocycles. The predicted molar refractivity (Wildman–Crippen MR) is 150 cm³/mol. The molecule has 0 spiro atoms. The number of halogens is 2. The van der Waals surface area contributed by atoms with Crippen molar-refractivity contribution in [3.8, 4) is 0 Å². The highest BCUT2D eigenvalue weighted by molar-refractivity contribution is 6.33. The van der Waals surface area contributed by atoms with Gasteiger partial charge in [0.05, 0.1) is 34.4 Å². The van der Waals surface area contributed by atoms with Gasteiger partial charge in [0.25, 0.3) is 11.8 Å². The number of benzene rings is 1. The van der Waals surface area contributed by atoms with Crippen molar-refractivity contribution in [1.29, 1.82) is 0 Å². The number of rotatable bonds is 8. The number of aromatic nitrogens is 4. The van der Waals surface area contributed by atoms with Gasteiger partial charge in [-0.05, 0) is 56.7 Å². The van der Waals surface area contributed by atoms with Gasteiger partial charge < -0.3 is 21.3 Å². The van der Waals surface area contributed by atoms with Crippen LogP contribution in [0.5, 0.6) is 0 Å². The summed E-state index contributed by atoms with van der Waals surface area (Å²) in [5.74, 6) is -0.729. The normalized spacial score (nSPS) is 18.8. The Bertz CT molecular complexity index is 1570. The van der Waals surface area contributed by atoms with Crippen LogP contribution < -0.4 is 21.3 Å². The molecule has 2 amide bonds. The fourth-order valence-corrected chi connectivity index (χ4v) is 5.13. The number of hydrogen-bond donors (Lipinski definition) is 4. The Balaban J connectivity index is 1.16. The van der Waals surface area contributed by atoms with E-state index < -0.39 is 11.7 Å². The van der Waals surface area contributed by atoms with E-state index >= 15 is 0 Å². The smallest absolute Gasteiger partial charge is 0.276 e. The largest absolute Gasteiger partial charge is 0.379 e. The van der Waals surface area contributed by atoms with Crippen molar-refractivity contribution in [2.45, 2.75) is 56.7 Å². The Morgan fingerprint density at radius 1 is 0.900 bits per heavy atom. The Labute approximate surface area is 234 Å². The Morgan fingerprint density at radius 3 is 2.38 bits per heavy atom. The maximum Gasteiger partial charge on any atom is 0.276 e. The topological polar surface area (TPSA) is 125 Å². The lowest BCUT2D eigenvalue weighted by atomic mass is 9.91. The monoisotopic (exact) mass is 562 g/mol. The molecule has 3 heterocycles. The molecule has 2 aliphatic rings. The number of nitrogens with one attached hydrogen (secondary N) is 4. The molecule has 0 saturated heterocycles. The quantitative estimate of drug-likeness (QED) is 0.241. The van der Waals surface area contributed by atoms with Crippen LogP contribution in [0.3, 0.4) is 0 Å². The number of carbonyl (C=O) groups is 2. The zero-order valence-corrected chi connectivity index (χ0v) is 22.3. The molecule has 0 radical (unpaired) electrons. The zero-order valence-electron chi connectivity index (χ0n) is 21.5. The van der Waals surface area contributed by atoms with E-state index in [1.165, 1.54) is 23.0 Å². The number of amides is 2. The second-order valence-electron chi connectivity index (χ2n) is 10.2. The van der Waals surface area contributed by atoms with Crippen LogP contribution in [0.4, 0.5) is 21.6 Å². The van der Waals surface area contributed by atoms with Crippen LogP contribution in [0.25, 0.3) is 5.65 Å². The summed E-state index contributed by atoms with van der Waals surface area (Å²) >= 11 is 6.18. The highest BCUT2D eigenvalue weighted by Gasteiger charge is 2.27. The lowest BCUT2D eigenvalue weighted by Crippen LogP contribution is -2.40. The van der Waals surface area contributed by atoms with Gasteiger partial charge in [0.1, 0.15) is 5.82 Å². The van der Waals surface area contributed by atoms with Crippen LogP contribution in [0.15, 0.2) is 55.0 Å². The summed E-state index contributed by atoms with van der Waals surface area (Å²) in [6.45, 7) is 0. The summed E-state index contributed by atoms with van der Waals surface area (Å²) in [5, 5.41) is 17.8. The number of hydrogen-bond acceptors (Lipinski definition) is 7. The molecule has 3 aromatic heterocycles. The molecule has 10 nitrogen and oxygen atoms in total. The van der Waals surface area contributed by atoms with E-state index in [0.717, 1.165) is 50.4 Å². The first kappa shape index (κ1) is 26.0. The van der Waals surface area contributed by atoms with Crippen LogP contribution in [0, 0.1) is 5.82 Å². The highest BCUT2D eigenvalue weighted by atomic mass is 35.5. The van der Waals surface area contributed by atoms with E-state index in [1.807, 2.05) is 6.07 Å². The number of pyridine rings is 1. The van der Waals surface area contributed by atoms with Crippen molar-refractivity contribution >= 4 is 46.3 Å². The summed E-state index contributed by atoms with van der Waals surface area (Å²) < 4.78 is 15.6. The Hall–Kier alpha value is -4.25. The summed E-state index contributed by atoms with van der Waals surface area (Å²) in [7, 11) is 0. The molecule has 4 aromatic rings. The maximum absolute atomic E-state index is 14.1. The molecule has 206 valence electrons. The first-order chi connectivity index (χ1) is 19.4. The molecule has 6 rings (SSSR count). The first-order valence-corrected chi connectivity index (χ1v) is 13.7. The SMILES string of the molecule is O=C(NC1CCC(Nc2cc(NC3CC3)c3ncc(C(=O)Nc4ccncc4F)n3n2)CC1)c1ccccc1Cl. The predicted octanol–water partition coefficient (Wildman–Crippen LogP) is 4.90. The average molecular weight is 563 g/mol. The van der Waals surface area contributed by atoms with Crippen molar-refractivity contribution in [3.63, 3.8) is 0 Å². The van der Waals surface area contributed by atoms with Gasteiger partial charge in [-0.25, -0.2) is 13.9 Å². The van der Waals surface area contributed by atoms with E-state index in [0.29, 0.717) is 28.1 Å². The van der Waals surface area contributed by atoms with Crippen LogP contribution in [0.1, 0.15) is 59.4 Å². The Morgan fingerprint density at radius 2 is 1.62 bits per heavy atom. The zero-order chi connectivity index (χ0) is 27.6. The highest BCUT2D eigenvalue weighted by Crippen LogP contribution is 2.30. The van der Waals surface area contributed by atoms with Crippen molar-refractivity contribution in [1.82, 2.24) is 24.9 Å². The molecule has 2 saturated carbocycles. The van der Waals surface area contributed by atoms with Gasteiger partial charge in [0.2, 0.25) is 0 Å². The molecule has 2 aliphatic carbocycles. The average Bonchev–Trinajstić information content (AvgIpc) is 3.66. The number of fused-ring (bicyclic) bond motifs is 1. The van der Waals surface area contributed by atoms with Crippen molar-refractivity contribution in [2.24, 2.45) is 0 Å². The molecular formula is C28H28ClFN8O2. The number of carbonyl (C=O) groups excluding carboxylic acids is 2. The second-order valence-corrected chi connectivity index (χ2v) is 10.6. The summed E-state index contributed by atoms with van der Waals surface area (Å²) in [6.07, 6.45) is 9.28. The third-order valence-electron chi connectivity index (χ3n) is 7.19. The van der Waals surface area contributed by atoms with Gasteiger partial charge in [-0.2, -0.15) is 0 Å². The number of nitrogens with zero attached hydrogens (tertiary/aromatic N) is 4. The first-order valence-electron chi connectivity index (χ1n) is 13.3. The van der Waals surface area contributed by atoms with Crippen LogP contribution in [-0.2, 0) is 0 Å². The standard InChI is InChI=1S/C28H28ClFN8O2/c29-20-4-2-1-3-19(20)27(39)35-18-9-7-17(8-10-18)34-25-13-23(33-16-5-6-16)26-32-15-24(38(26)37-25)28(40)36-22-11-12-31-14-21(22)30/h1-4,11-18,33H,5-10H2,(H,34,37)(H,35,39)(H,31,36,40). The van der Waals surface area contributed by atoms with Crippen LogP contribution in [0.2, 0.25) is 5.02 Å². The lowest BCUT2D eigenvalue weighted by molar-refractivity contribution is 0.0926. The Kier molecular flexibility index (Phi) is 7.21.